The van der Waals surface area contributed by atoms with Crippen LogP contribution >= 0.6 is 0 Å². The van der Waals surface area contributed by atoms with E-state index in [0.717, 1.165) is 0 Å². The molecule has 0 fully saturated rings. The van der Waals surface area contributed by atoms with Crippen LogP contribution in [0.4, 0.5) is 0 Å². The van der Waals surface area contributed by atoms with Crippen molar-refractivity contribution in [1.82, 2.24) is 11.3 Å². The average Bonchev–Trinajstić information content (AvgIpc) is 2.20. The van der Waals surface area contributed by atoms with Crippen molar-refractivity contribution < 1.29 is 106 Å². The fourth-order valence-corrected chi connectivity index (χ4v) is 0.0609. The molecule has 0 aromatic rings. The van der Waals surface area contributed by atoms with E-state index in [2.05, 4.69) is 9.88 Å². The fraction of sp³-hybridized carbons (Fsp3) is 0. The van der Waals surface area contributed by atoms with Crippen LogP contribution in [-0.2, 0) is 26.7 Å². The minimum atomic E-state index is -1.24. The zero-order valence-electron chi connectivity index (χ0n) is 10.1. The first-order valence-electron chi connectivity index (χ1n) is 2.68. The number of nitrogens with one attached hydrogen (secondary N) is 2. The van der Waals surface area contributed by atoms with Crippen molar-refractivity contribution in [3.05, 3.63) is 40.5 Å². The molecule has 0 bridgehead atoms. The fourth-order valence-electron chi connectivity index (χ4n) is 0.0609. The largest absolute Gasteiger partial charge is 1.00 e. The Labute approximate surface area is 167 Å². The van der Waals surface area contributed by atoms with E-state index in [0.29, 0.717) is 11.3 Å². The van der Waals surface area contributed by atoms with Gasteiger partial charge in [0.2, 0.25) is 0 Å². The first-order valence-corrected chi connectivity index (χ1v) is 2.68. The predicted octanol–water partition coefficient (Wildman–Crippen LogP) is -7.32. The van der Waals surface area contributed by atoms with Gasteiger partial charge in [-0.25, -0.2) is 21.2 Å². The van der Waals surface area contributed by atoms with Crippen LogP contribution in [0.1, 0.15) is 0 Å². The predicted molar refractivity (Wildman–Crippen MR) is 44.3 cm³/mol. The van der Waals surface area contributed by atoms with Crippen molar-refractivity contribution in [1.29, 1.82) is 0 Å². The Bertz CT molecular complexity index is 194. The van der Waals surface area contributed by atoms with Crippen LogP contribution in [-0.4, -0.2) is 20.6 Å². The van der Waals surface area contributed by atoms with Crippen molar-refractivity contribution in [2.24, 2.45) is 10.7 Å². The third kappa shape index (κ3) is 196. The van der Waals surface area contributed by atoms with E-state index in [4.69, 9.17) is 50.9 Å². The molecule has 0 aromatic heterocycles. The Morgan fingerprint density at radius 2 is 1.00 bits per heavy atom. The van der Waals surface area contributed by atoms with Gasteiger partial charge in [0.05, 0.1) is 0 Å². The van der Waals surface area contributed by atoms with Gasteiger partial charge in [0, 0.05) is 16.8 Å². The van der Waals surface area contributed by atoms with Crippen molar-refractivity contribution >= 4 is 0 Å². The molecule has 0 aliphatic carbocycles. The third-order valence-electron chi connectivity index (χ3n) is 0.224. The molecule has 4 N–H and O–H groups in total. The Morgan fingerprint density at radius 1 is 0.857 bits per heavy atom. The first kappa shape index (κ1) is 42.8. The summed E-state index contributed by atoms with van der Waals surface area (Å²) in [6, 6.07) is 0. The molecule has 0 spiro atoms. The maximum Gasteiger partial charge on any atom is 1.00 e. The molecule has 0 aliphatic heterocycles. The van der Waals surface area contributed by atoms with E-state index in [1.165, 1.54) is 10.7 Å². The van der Waals surface area contributed by atoms with Crippen LogP contribution < -0.4 is 70.4 Å². The van der Waals surface area contributed by atoms with Gasteiger partial charge in [0.25, 0.3) is 0 Å². The second kappa shape index (κ2) is 50.4. The normalized spacial score (nSPS) is 5.43. The van der Waals surface area contributed by atoms with Crippen LogP contribution in [0, 0.1) is 40.5 Å². The summed E-state index contributed by atoms with van der Waals surface area (Å²) in [5.74, 6) is 0. The molecule has 0 aromatic carbocycles. The smallest absolute Gasteiger partial charge is 0.766 e. The van der Waals surface area contributed by atoms with Gasteiger partial charge in [-0.1, -0.05) is 0 Å². The summed E-state index contributed by atoms with van der Waals surface area (Å²) in [4.78, 5) is 40.0. The summed E-state index contributed by atoms with van der Waals surface area (Å²) in [5.41, 5.74) is 1.24. The monoisotopic (exact) mass is 385 g/mol. The SMILES string of the molecule is O=NO.O=NO.O=[N+]([O-])ON[O-].O=[N+]([O-])ON[O-].[Co].[Na+].[Na+]. The number of nitrogens with zero attached hydrogens (tertiary/aromatic N) is 4. The number of hydrogen-bond acceptors (Lipinski definition) is 14. The number of hydrogen-bond donors (Lipinski definition) is 4. The maximum absolute atomic E-state index is 8.92. The standard InChI is InChI=1S/Co.2HN2O4.2HNO2.2Na/c;2*3-1-6-2(4)5;2*2-1-3;;/h;2*1H;2*(H,2,3);;/q;2*-1;;;2*+1. The van der Waals surface area contributed by atoms with Crippen LogP contribution in [0.15, 0.2) is 10.7 Å². The molecule has 0 rings (SSSR count). The zero-order valence-corrected chi connectivity index (χ0v) is 15.1. The Morgan fingerprint density at radius 3 is 1.00 bits per heavy atom. The van der Waals surface area contributed by atoms with Gasteiger partial charge in [-0.2, -0.15) is 0 Å². The molecular formula is H4CoN6Na2O12. The second-order valence-electron chi connectivity index (χ2n) is 0.960. The molecule has 0 atom stereocenters. The van der Waals surface area contributed by atoms with E-state index < -0.39 is 10.2 Å². The van der Waals surface area contributed by atoms with Gasteiger partial charge < -0.3 is 20.8 Å². The van der Waals surface area contributed by atoms with Crippen LogP contribution in [0.3, 0.4) is 0 Å². The van der Waals surface area contributed by atoms with E-state index in [9.17, 15) is 0 Å². The summed E-state index contributed by atoms with van der Waals surface area (Å²) < 4.78 is 0. The second-order valence-corrected chi connectivity index (χ2v) is 0.960. The van der Waals surface area contributed by atoms with Gasteiger partial charge in [0.1, 0.15) is 0 Å². The van der Waals surface area contributed by atoms with E-state index in [1.807, 2.05) is 0 Å². The molecule has 18 nitrogen and oxygen atoms in total. The summed E-state index contributed by atoms with van der Waals surface area (Å²) in [6.45, 7) is 0. The van der Waals surface area contributed by atoms with Gasteiger partial charge in [0.15, 0.2) is 10.7 Å². The summed E-state index contributed by atoms with van der Waals surface area (Å²) in [7, 11) is 0. The van der Waals surface area contributed by atoms with Gasteiger partial charge in [-0.05, 0) is 0 Å². The average molecular weight is 385 g/mol. The molecule has 117 valence electrons. The summed E-state index contributed by atoms with van der Waals surface area (Å²) in [5, 5.41) is 48.8. The third-order valence-corrected chi connectivity index (χ3v) is 0.224. The molecule has 1 radical (unpaired) electrons. The Hall–Kier alpha value is -0.454. The Balaban J connectivity index is -0.0000000249. The van der Waals surface area contributed by atoms with Crippen LogP contribution in [0.25, 0.3) is 0 Å². The van der Waals surface area contributed by atoms with Crippen LogP contribution in [0.2, 0.25) is 0 Å². The number of rotatable bonds is 4. The molecule has 21 heteroatoms. The molecule has 21 heavy (non-hydrogen) atoms. The summed E-state index contributed by atoms with van der Waals surface area (Å²) in [6.07, 6.45) is 0. The van der Waals surface area contributed by atoms with Gasteiger partial charge in [-0.15, -0.1) is 30.0 Å². The molecule has 0 heterocycles. The topological polar surface area (TPSA) is 274 Å². The molecular weight excluding hydrogens is 381 g/mol. The van der Waals surface area contributed by atoms with Crippen molar-refractivity contribution in [2.45, 2.75) is 0 Å². The van der Waals surface area contributed by atoms with Crippen molar-refractivity contribution in [3.63, 3.8) is 0 Å². The van der Waals surface area contributed by atoms with E-state index in [1.54, 1.807) is 0 Å². The van der Waals surface area contributed by atoms with Crippen molar-refractivity contribution in [3.8, 4) is 0 Å². The van der Waals surface area contributed by atoms with Gasteiger partial charge >= 0.3 is 69.3 Å². The molecule has 0 saturated carbocycles. The molecule has 0 saturated heterocycles. The van der Waals surface area contributed by atoms with Crippen molar-refractivity contribution in [2.75, 3.05) is 0 Å². The minimum Gasteiger partial charge on any atom is -0.766 e. The van der Waals surface area contributed by atoms with Gasteiger partial charge in [-0.3, -0.25) is 0 Å². The summed E-state index contributed by atoms with van der Waals surface area (Å²) >= 11 is 0. The maximum atomic E-state index is 8.92. The quantitative estimate of drug-likeness (QED) is 0.151. The molecule has 0 aliphatic rings. The molecule has 0 unspecified atom stereocenters. The zero-order chi connectivity index (χ0) is 15.4. The first-order chi connectivity index (χ1) is 8.37. The molecule has 0 amide bonds. The minimum absolute atomic E-state index is 0. The van der Waals surface area contributed by atoms with E-state index in [-0.39, 0.29) is 75.9 Å². The Kier molecular flexibility index (Phi) is 103. The van der Waals surface area contributed by atoms with E-state index >= 15 is 0 Å². The van der Waals surface area contributed by atoms with Crippen LogP contribution in [0.5, 0.6) is 0 Å².